The number of aliphatic hydroxyl groups excluding tert-OH is 1. The molecule has 2 aromatic heterocycles. The molecule has 61 heavy (non-hydrogen) atoms. The van der Waals surface area contributed by atoms with Gasteiger partial charge in [-0.25, -0.2) is 4.98 Å². The molecule has 1 saturated carbocycles. The van der Waals surface area contributed by atoms with Gasteiger partial charge in [0.15, 0.2) is 23.0 Å². The predicted molar refractivity (Wildman–Crippen MR) is 233 cm³/mol. The maximum absolute atomic E-state index is 15.8. The number of hydrogen-bond donors (Lipinski definition) is 7. The number of phenolic OH excluding ortho intramolecular Hbond substituents is 4. The van der Waals surface area contributed by atoms with Gasteiger partial charge < -0.3 is 45.3 Å². The number of carbonyl (C=O) groups excluding carboxylic acids is 1. The molecule has 3 aliphatic rings. The molecule has 11 heteroatoms. The highest BCUT2D eigenvalue weighted by atomic mass is 16.5. The standard InChI is InChI=1S/C50H53N3O8/c1-60-45-26-32(25-44(58)48(45)59)30-8-13-39-37-14-12-36(54)23-31(37)9-15-40(39)53-46-28-34(18-21-52-46)50(19-2-5-33(50)27-35-6-3-20-51-35)47(43(57)24-30)41(55)16-10-29-11-17-42(56)49-38(29)7-4-22-61-49/h3,6,9,11-12,14-15,17-18,20-21,23,25-26,28,30,33,41,47,51,54-56,58-59H,2,4-5,7-8,10,13,16,19,22,24,27H2,1H3,(H,52,53). The molecule has 1 spiro atoms. The van der Waals surface area contributed by atoms with E-state index in [1.807, 2.05) is 42.6 Å². The van der Waals surface area contributed by atoms with Crippen LogP contribution in [0.3, 0.4) is 0 Å². The molecule has 4 heterocycles. The van der Waals surface area contributed by atoms with Crippen molar-refractivity contribution < 1.29 is 39.8 Å². The minimum Gasteiger partial charge on any atom is -0.508 e. The number of methoxy groups -OCH3 is 1. The van der Waals surface area contributed by atoms with Crippen LogP contribution in [0.4, 0.5) is 11.5 Å². The Balaban J connectivity index is 1.21. The SMILES string of the molecule is COc1cc(C2CCc3c(ccc4cc(O)ccc34)Nc3cc(ccn3)C3(CCCC3Cc3ccc[nH]3)C(C(O)CCc3ccc(O)c4c3CCCO4)C(=O)C2)cc(O)c1O. The quantitative estimate of drug-likeness (QED) is 0.0733. The molecule has 0 radical (unpaired) electrons. The highest BCUT2D eigenvalue weighted by Gasteiger charge is 2.54. The van der Waals surface area contributed by atoms with Crippen molar-refractivity contribution in [3.8, 4) is 34.5 Å². The van der Waals surface area contributed by atoms with Crippen LogP contribution in [0.2, 0.25) is 0 Å². The number of aromatic nitrogens is 2. The van der Waals surface area contributed by atoms with Gasteiger partial charge in [-0.15, -0.1) is 0 Å². The fourth-order valence-corrected chi connectivity index (χ4v) is 11.0. The second kappa shape index (κ2) is 16.7. The summed E-state index contributed by atoms with van der Waals surface area (Å²) in [5, 5.41) is 61.0. The summed E-state index contributed by atoms with van der Waals surface area (Å²) in [6, 6.07) is 24.2. The van der Waals surface area contributed by atoms with Gasteiger partial charge >= 0.3 is 0 Å². The van der Waals surface area contributed by atoms with E-state index in [0.717, 1.165) is 70.1 Å². The van der Waals surface area contributed by atoms with Crippen molar-refractivity contribution >= 4 is 28.1 Å². The molecule has 4 aromatic carbocycles. The van der Waals surface area contributed by atoms with E-state index in [4.69, 9.17) is 14.5 Å². The Hall–Kier alpha value is -6.20. The number of anilines is 2. The third-order valence-corrected chi connectivity index (χ3v) is 13.8. The number of Topliss-reactive ketones (excluding diaryl/α,β-unsaturated/α-hetero) is 1. The maximum atomic E-state index is 15.8. The lowest BCUT2D eigenvalue weighted by atomic mass is 9.58. The fourth-order valence-electron chi connectivity index (χ4n) is 11.0. The summed E-state index contributed by atoms with van der Waals surface area (Å²) in [4.78, 5) is 24.0. The van der Waals surface area contributed by atoms with E-state index in [9.17, 15) is 25.5 Å². The Labute approximate surface area is 355 Å². The van der Waals surface area contributed by atoms with E-state index in [1.54, 1.807) is 30.5 Å². The van der Waals surface area contributed by atoms with Crippen molar-refractivity contribution in [3.05, 3.63) is 125 Å². The number of hydrogen-bond acceptors (Lipinski definition) is 10. The van der Waals surface area contributed by atoms with Gasteiger partial charge in [-0.2, -0.15) is 0 Å². The van der Waals surface area contributed by atoms with Gasteiger partial charge in [-0.3, -0.25) is 4.79 Å². The number of ether oxygens (including phenoxy) is 2. The van der Waals surface area contributed by atoms with Crippen LogP contribution < -0.4 is 14.8 Å². The number of rotatable bonds is 8. The first kappa shape index (κ1) is 40.2. The van der Waals surface area contributed by atoms with Crippen LogP contribution in [0.15, 0.2) is 91.3 Å². The molecular formula is C50H53N3O8. The van der Waals surface area contributed by atoms with E-state index in [1.165, 1.54) is 13.2 Å². The van der Waals surface area contributed by atoms with Gasteiger partial charge in [-0.05, 0) is 163 Å². The summed E-state index contributed by atoms with van der Waals surface area (Å²) in [6.45, 7) is 0.535. The number of ketones is 1. The second-order valence-electron chi connectivity index (χ2n) is 17.2. The molecule has 5 atom stereocenters. The number of aryl methyl sites for hydroxylation is 2. The summed E-state index contributed by atoms with van der Waals surface area (Å²) >= 11 is 0. The van der Waals surface area contributed by atoms with E-state index in [2.05, 4.69) is 22.4 Å². The Kier molecular flexibility index (Phi) is 11.0. The number of nitrogens with one attached hydrogen (secondary N) is 2. The van der Waals surface area contributed by atoms with Crippen molar-refractivity contribution in [1.29, 1.82) is 0 Å². The Bertz CT molecular complexity index is 2570. The predicted octanol–water partition coefficient (Wildman–Crippen LogP) is 9.04. The minimum absolute atomic E-state index is 0.00914. The molecule has 6 aromatic rings. The lowest BCUT2D eigenvalue weighted by Gasteiger charge is -2.45. The minimum atomic E-state index is -1.04. The fraction of sp³-hybridized carbons (Fsp3) is 0.360. The van der Waals surface area contributed by atoms with E-state index in [-0.39, 0.29) is 46.9 Å². The molecule has 2 bridgehead atoms. The molecule has 1 fully saturated rings. The summed E-state index contributed by atoms with van der Waals surface area (Å²) in [6.07, 6.45) is 9.19. The van der Waals surface area contributed by atoms with Crippen LogP contribution in [0.25, 0.3) is 10.8 Å². The first-order valence-corrected chi connectivity index (χ1v) is 21.5. The Morgan fingerprint density at radius 1 is 0.934 bits per heavy atom. The lowest BCUT2D eigenvalue weighted by Crippen LogP contribution is -2.50. The van der Waals surface area contributed by atoms with Crippen molar-refractivity contribution in [2.45, 2.75) is 88.1 Å². The van der Waals surface area contributed by atoms with Crippen LogP contribution in [0.5, 0.6) is 34.5 Å². The molecule has 5 unspecified atom stereocenters. The lowest BCUT2D eigenvalue weighted by molar-refractivity contribution is -0.132. The number of H-pyrrole nitrogens is 1. The van der Waals surface area contributed by atoms with Crippen LogP contribution in [-0.4, -0.2) is 61.1 Å². The summed E-state index contributed by atoms with van der Waals surface area (Å²) in [5.74, 6) is -0.568. The van der Waals surface area contributed by atoms with Gasteiger partial charge in [0.2, 0.25) is 5.75 Å². The maximum Gasteiger partial charge on any atom is 0.200 e. The number of pyridine rings is 1. The van der Waals surface area contributed by atoms with E-state index < -0.39 is 23.4 Å². The van der Waals surface area contributed by atoms with Crippen molar-refractivity contribution in [3.63, 3.8) is 0 Å². The highest BCUT2D eigenvalue weighted by Crippen LogP contribution is 2.55. The summed E-state index contributed by atoms with van der Waals surface area (Å²) in [5.41, 5.74) is 5.63. The molecule has 1 aliphatic carbocycles. The normalized spacial score (nSPS) is 21.9. The van der Waals surface area contributed by atoms with Gasteiger partial charge in [-0.1, -0.05) is 24.6 Å². The van der Waals surface area contributed by atoms with Crippen LogP contribution in [0, 0.1) is 11.8 Å². The van der Waals surface area contributed by atoms with Crippen molar-refractivity contribution in [2.75, 3.05) is 19.0 Å². The van der Waals surface area contributed by atoms with Gasteiger partial charge in [0.05, 0.1) is 25.7 Å². The third kappa shape index (κ3) is 7.60. The van der Waals surface area contributed by atoms with Gasteiger partial charge in [0.1, 0.15) is 17.4 Å². The number of aromatic amines is 1. The second-order valence-corrected chi connectivity index (χ2v) is 17.2. The topological polar surface area (TPSA) is 177 Å². The monoisotopic (exact) mass is 823 g/mol. The van der Waals surface area contributed by atoms with Gasteiger partial charge in [0, 0.05) is 41.2 Å². The zero-order valence-electron chi connectivity index (χ0n) is 34.4. The zero-order valence-corrected chi connectivity index (χ0v) is 34.4. The molecule has 0 saturated heterocycles. The number of fused-ring (bicyclic) bond motifs is 7. The van der Waals surface area contributed by atoms with Crippen molar-refractivity contribution in [2.24, 2.45) is 11.8 Å². The number of benzene rings is 4. The molecule has 9 rings (SSSR count). The average Bonchev–Trinajstić information content (AvgIpc) is 3.94. The summed E-state index contributed by atoms with van der Waals surface area (Å²) < 4.78 is 11.4. The van der Waals surface area contributed by atoms with Crippen LogP contribution >= 0.6 is 0 Å². The molecule has 316 valence electrons. The van der Waals surface area contributed by atoms with E-state index >= 15 is 4.79 Å². The van der Waals surface area contributed by atoms with Crippen molar-refractivity contribution in [1.82, 2.24) is 9.97 Å². The zero-order chi connectivity index (χ0) is 42.3. The first-order valence-electron chi connectivity index (χ1n) is 21.5. The van der Waals surface area contributed by atoms with Crippen LogP contribution in [0.1, 0.15) is 84.4 Å². The first-order chi connectivity index (χ1) is 29.6. The number of phenols is 4. The highest BCUT2D eigenvalue weighted by molar-refractivity contribution is 5.92. The largest absolute Gasteiger partial charge is 0.508 e. The van der Waals surface area contributed by atoms with E-state index in [0.29, 0.717) is 62.3 Å². The summed E-state index contributed by atoms with van der Waals surface area (Å²) in [7, 11) is 1.43. The Morgan fingerprint density at radius 3 is 2.66 bits per heavy atom. The smallest absolute Gasteiger partial charge is 0.200 e. The van der Waals surface area contributed by atoms with Gasteiger partial charge in [0.25, 0.3) is 0 Å². The van der Waals surface area contributed by atoms with Crippen LogP contribution in [-0.2, 0) is 35.9 Å². The number of aromatic hydroxyl groups is 4. The molecule has 11 nitrogen and oxygen atoms in total. The Morgan fingerprint density at radius 2 is 1.82 bits per heavy atom. The number of nitrogens with zero attached hydrogens (tertiary/aromatic N) is 1. The average molecular weight is 824 g/mol. The molecular weight excluding hydrogens is 771 g/mol. The molecule has 2 aliphatic heterocycles. The molecule has 7 N–H and O–H groups in total. The number of aliphatic hydroxyl groups is 1. The third-order valence-electron chi connectivity index (χ3n) is 13.8. The molecule has 0 amide bonds. The number of carbonyl (C=O) groups is 1.